The first-order valence-corrected chi connectivity index (χ1v) is 14.9. The van der Waals surface area contributed by atoms with Crippen LogP contribution in [-0.2, 0) is 14.4 Å². The minimum absolute atomic E-state index is 0.00436. The van der Waals surface area contributed by atoms with E-state index in [1.807, 2.05) is 13.8 Å². The fraction of sp³-hybridized carbons (Fsp3) is 0.727. The number of carboxylic acid groups (broad SMARTS) is 1. The highest BCUT2D eigenvalue weighted by Gasteiger charge is 2.71. The van der Waals surface area contributed by atoms with E-state index >= 15 is 0 Å². The minimum Gasteiger partial charge on any atom is -0.478 e. The molecule has 0 heterocycles. The van der Waals surface area contributed by atoms with Gasteiger partial charge in [-0.1, -0.05) is 27.7 Å². The van der Waals surface area contributed by atoms with Crippen LogP contribution in [0.5, 0.6) is 0 Å². The molecule has 5 rings (SSSR count). The Morgan fingerprint density at radius 2 is 1.80 bits per heavy atom. The topological polar surface area (TPSA) is 132 Å². The van der Waals surface area contributed by atoms with E-state index in [1.54, 1.807) is 0 Å². The Kier molecular flexibility index (Phi) is 7.05. The highest BCUT2D eigenvalue weighted by atomic mass is 16.4. The molecule has 218 valence electrons. The Morgan fingerprint density at radius 1 is 1.10 bits per heavy atom. The van der Waals surface area contributed by atoms with Crippen molar-refractivity contribution in [3.05, 3.63) is 22.8 Å². The second-order valence-corrected chi connectivity index (χ2v) is 14.2. The predicted molar refractivity (Wildman–Crippen MR) is 149 cm³/mol. The Labute approximate surface area is 237 Å². The quantitative estimate of drug-likeness (QED) is 0.300. The molecule has 0 aromatic heterocycles. The summed E-state index contributed by atoms with van der Waals surface area (Å²) in [7, 11) is 0. The number of carboxylic acids is 1. The van der Waals surface area contributed by atoms with Crippen molar-refractivity contribution in [1.82, 2.24) is 0 Å². The fourth-order valence-corrected chi connectivity index (χ4v) is 10.2. The highest BCUT2D eigenvalue weighted by Crippen LogP contribution is 2.73. The number of aliphatic hydroxyl groups is 3. The number of allylic oxidation sites excluding steroid dienone is 1. The molecule has 10 atom stereocenters. The van der Waals surface area contributed by atoms with E-state index in [-0.39, 0.29) is 41.3 Å². The van der Waals surface area contributed by atoms with E-state index in [1.165, 1.54) is 13.0 Å². The van der Waals surface area contributed by atoms with Gasteiger partial charge in [-0.3, -0.25) is 9.59 Å². The number of Topliss-reactive ketones (excluding diaryl/α,β-unsaturated/α-hetero) is 2. The average Bonchev–Trinajstić information content (AvgIpc) is 3.07. The lowest BCUT2D eigenvalue weighted by atomic mass is 9.41. The minimum atomic E-state index is -1.08. The summed E-state index contributed by atoms with van der Waals surface area (Å²) in [6.45, 7) is 9.58. The highest BCUT2D eigenvalue weighted by molar-refractivity contribution is 6.01. The number of aliphatic hydroxyl groups excluding tert-OH is 3. The normalized spacial score (nSPS) is 44.4. The van der Waals surface area contributed by atoms with Crippen LogP contribution in [0.1, 0.15) is 92.4 Å². The van der Waals surface area contributed by atoms with Crippen molar-refractivity contribution < 1.29 is 34.8 Å². The van der Waals surface area contributed by atoms with Gasteiger partial charge in [-0.05, 0) is 73.8 Å². The molecule has 10 unspecified atom stereocenters. The predicted octanol–water partition coefficient (Wildman–Crippen LogP) is 3.99. The monoisotopic (exact) mass is 552 g/mol. The molecule has 0 saturated heterocycles. The molecule has 7 heteroatoms. The van der Waals surface area contributed by atoms with Gasteiger partial charge >= 0.3 is 5.97 Å². The first-order chi connectivity index (χ1) is 18.6. The van der Waals surface area contributed by atoms with Crippen molar-refractivity contribution in [1.29, 1.82) is 0 Å². The lowest BCUT2D eigenvalue weighted by Crippen LogP contribution is -2.61. The van der Waals surface area contributed by atoms with Crippen LogP contribution in [-0.4, -0.2) is 56.3 Å². The SMILES string of the molecule is CC(=CC(O)CC(C)C1CC(O)C23CCC#CCC4(C)C(=O)CCC5(C)C(=C2C(O)CC45)C(=O)CC13C)C(=O)O. The van der Waals surface area contributed by atoms with Gasteiger partial charge in [0.25, 0.3) is 0 Å². The van der Waals surface area contributed by atoms with Crippen molar-refractivity contribution in [3.8, 4) is 11.8 Å². The number of hydrogen-bond donors (Lipinski definition) is 4. The van der Waals surface area contributed by atoms with Crippen LogP contribution in [0.4, 0.5) is 0 Å². The van der Waals surface area contributed by atoms with E-state index in [9.17, 15) is 34.8 Å². The number of rotatable bonds is 5. The van der Waals surface area contributed by atoms with Gasteiger partial charge in [0.1, 0.15) is 5.78 Å². The first-order valence-electron chi connectivity index (χ1n) is 14.9. The molecule has 5 aliphatic rings. The maximum Gasteiger partial charge on any atom is 0.331 e. The van der Waals surface area contributed by atoms with Crippen molar-refractivity contribution in [2.45, 2.75) is 111 Å². The van der Waals surface area contributed by atoms with Crippen LogP contribution in [0.2, 0.25) is 0 Å². The summed E-state index contributed by atoms with van der Waals surface area (Å²) in [5.41, 5.74) is -1.42. The molecule has 0 aromatic rings. The maximum absolute atomic E-state index is 14.4. The van der Waals surface area contributed by atoms with E-state index < -0.39 is 45.9 Å². The van der Waals surface area contributed by atoms with Crippen LogP contribution in [0, 0.1) is 51.3 Å². The van der Waals surface area contributed by atoms with E-state index in [2.05, 4.69) is 25.7 Å². The summed E-state index contributed by atoms with van der Waals surface area (Å²) < 4.78 is 0. The molecule has 40 heavy (non-hydrogen) atoms. The Hall–Kier alpha value is -2.27. The standard InChI is InChI=1S/C33H44O7/c1-18(13-20(34)14-19(2)29(39)40)21-15-26(38)33-11-8-6-7-10-30(3)24-16-22(35)28(33)27(23(36)17-32(21,33)5)31(24,4)12-9-25(30)37/h14,18,20-22,24,26,34-35,38H,8-13,15-17H2,1-5H3,(H,39,40). The van der Waals surface area contributed by atoms with Crippen LogP contribution < -0.4 is 0 Å². The molecule has 7 nitrogen and oxygen atoms in total. The third-order valence-electron chi connectivity index (χ3n) is 12.2. The van der Waals surface area contributed by atoms with Crippen LogP contribution in [0.15, 0.2) is 22.8 Å². The van der Waals surface area contributed by atoms with Gasteiger partial charge in [-0.2, -0.15) is 0 Å². The summed E-state index contributed by atoms with van der Waals surface area (Å²) in [5.74, 6) is 5.19. The Balaban J connectivity index is 1.65. The number of hydrogen-bond acceptors (Lipinski definition) is 6. The molecule has 5 aliphatic carbocycles. The average molecular weight is 553 g/mol. The largest absolute Gasteiger partial charge is 0.478 e. The second-order valence-electron chi connectivity index (χ2n) is 14.2. The van der Waals surface area contributed by atoms with Gasteiger partial charge in [0.05, 0.1) is 18.3 Å². The third kappa shape index (κ3) is 3.86. The summed E-state index contributed by atoms with van der Waals surface area (Å²) in [4.78, 5) is 39.0. The molecule has 2 fully saturated rings. The van der Waals surface area contributed by atoms with Gasteiger partial charge in [0, 0.05) is 53.1 Å². The van der Waals surface area contributed by atoms with Crippen LogP contribution in [0.25, 0.3) is 0 Å². The van der Waals surface area contributed by atoms with Crippen molar-refractivity contribution in [2.75, 3.05) is 0 Å². The van der Waals surface area contributed by atoms with E-state index in [0.717, 1.165) is 0 Å². The Morgan fingerprint density at radius 3 is 2.48 bits per heavy atom. The molecule has 0 aromatic carbocycles. The molecule has 2 saturated carbocycles. The van der Waals surface area contributed by atoms with Gasteiger partial charge in [0.15, 0.2) is 5.78 Å². The van der Waals surface area contributed by atoms with Crippen LogP contribution in [0.3, 0.4) is 0 Å². The molecule has 0 amide bonds. The molecule has 4 N–H and O–H groups in total. The van der Waals surface area contributed by atoms with Gasteiger partial charge in [0.2, 0.25) is 0 Å². The zero-order valence-corrected chi connectivity index (χ0v) is 24.4. The number of aliphatic carboxylic acids is 1. The lowest BCUT2D eigenvalue weighted by Gasteiger charge is -2.62. The zero-order chi connectivity index (χ0) is 29.4. The molecular formula is C33H44O7. The summed E-state index contributed by atoms with van der Waals surface area (Å²) in [6, 6.07) is 0. The lowest BCUT2D eigenvalue weighted by molar-refractivity contribution is -0.148. The van der Waals surface area contributed by atoms with Crippen molar-refractivity contribution in [2.24, 2.45) is 39.4 Å². The molecule has 6 bridgehead atoms. The van der Waals surface area contributed by atoms with Gasteiger partial charge < -0.3 is 20.4 Å². The van der Waals surface area contributed by atoms with Crippen molar-refractivity contribution >= 4 is 17.5 Å². The molecule has 1 spiro atoms. The van der Waals surface area contributed by atoms with Crippen molar-refractivity contribution in [3.63, 3.8) is 0 Å². The molecule has 0 aliphatic heterocycles. The van der Waals surface area contributed by atoms with Crippen LogP contribution >= 0.6 is 0 Å². The fourth-order valence-electron chi connectivity index (χ4n) is 10.2. The molecular weight excluding hydrogens is 508 g/mol. The summed E-state index contributed by atoms with van der Waals surface area (Å²) in [5, 5.41) is 43.9. The smallest absolute Gasteiger partial charge is 0.331 e. The number of carbonyl (C=O) groups excluding carboxylic acids is 2. The number of ketones is 2. The molecule has 0 radical (unpaired) electrons. The zero-order valence-electron chi connectivity index (χ0n) is 24.4. The van der Waals surface area contributed by atoms with E-state index in [0.29, 0.717) is 62.5 Å². The maximum atomic E-state index is 14.4. The first kappa shape index (κ1) is 29.2. The van der Waals surface area contributed by atoms with Gasteiger partial charge in [-0.25, -0.2) is 4.79 Å². The Bertz CT molecular complexity index is 1270. The van der Waals surface area contributed by atoms with E-state index in [4.69, 9.17) is 0 Å². The summed E-state index contributed by atoms with van der Waals surface area (Å²) >= 11 is 0. The third-order valence-corrected chi connectivity index (χ3v) is 12.2. The second kappa shape index (κ2) is 9.64. The van der Waals surface area contributed by atoms with Gasteiger partial charge in [-0.15, -0.1) is 11.8 Å². The number of carbonyl (C=O) groups is 3. The summed E-state index contributed by atoms with van der Waals surface area (Å²) in [6.07, 6.45) is 2.31.